The van der Waals surface area contributed by atoms with E-state index in [4.69, 9.17) is 4.74 Å². The van der Waals surface area contributed by atoms with Gasteiger partial charge in [0.2, 0.25) is 5.72 Å². The van der Waals surface area contributed by atoms with Crippen LogP contribution in [0.15, 0.2) is 41.8 Å². The number of benzene rings is 1. The van der Waals surface area contributed by atoms with Gasteiger partial charge in [-0.15, -0.1) is 11.3 Å². The second kappa shape index (κ2) is 6.86. The third-order valence-corrected chi connectivity index (χ3v) is 5.21. The van der Waals surface area contributed by atoms with Gasteiger partial charge in [0.15, 0.2) is 5.78 Å². The van der Waals surface area contributed by atoms with Crippen LogP contribution in [0, 0.1) is 5.92 Å². The maximum absolute atomic E-state index is 13.7. The predicted octanol–water partition coefficient (Wildman–Crippen LogP) is 2.86. The number of amides is 2. The number of rotatable bonds is 4. The van der Waals surface area contributed by atoms with Crippen molar-refractivity contribution in [2.24, 2.45) is 5.92 Å². The zero-order chi connectivity index (χ0) is 19.8. The number of methoxy groups -OCH3 is 1. The Hall–Kier alpha value is -2.59. The lowest BCUT2D eigenvalue weighted by atomic mass is 9.78. The lowest BCUT2D eigenvalue weighted by Gasteiger charge is -2.44. The molecule has 0 bridgehead atoms. The highest BCUT2D eigenvalue weighted by Crippen LogP contribution is 2.44. The van der Waals surface area contributed by atoms with Crippen LogP contribution in [0.1, 0.15) is 21.3 Å². The van der Waals surface area contributed by atoms with Gasteiger partial charge in [-0.25, -0.2) is 4.79 Å². The number of thiophene rings is 1. The van der Waals surface area contributed by atoms with Crippen molar-refractivity contribution in [3.63, 3.8) is 0 Å². The van der Waals surface area contributed by atoms with Crippen LogP contribution in [0.2, 0.25) is 0 Å². The number of ether oxygens (including phenoxy) is 1. The Labute approximate surface area is 156 Å². The summed E-state index contributed by atoms with van der Waals surface area (Å²) in [7, 11) is 1.42. The summed E-state index contributed by atoms with van der Waals surface area (Å²) in [6, 6.07) is 6.09. The second-order valence-corrected chi connectivity index (χ2v) is 6.88. The molecular formula is C17H15F3N2O4S. The summed E-state index contributed by atoms with van der Waals surface area (Å²) in [5, 5.41) is 15.8. The van der Waals surface area contributed by atoms with Crippen LogP contribution in [-0.4, -0.2) is 35.9 Å². The van der Waals surface area contributed by atoms with E-state index in [2.05, 4.69) is 5.32 Å². The number of aliphatic hydroxyl groups is 1. The molecule has 2 aromatic rings. The molecule has 27 heavy (non-hydrogen) atoms. The zero-order valence-electron chi connectivity index (χ0n) is 13.9. The molecule has 6 nitrogen and oxygen atoms in total. The van der Waals surface area contributed by atoms with Crippen LogP contribution in [0.3, 0.4) is 0 Å². The minimum absolute atomic E-state index is 0.0409. The van der Waals surface area contributed by atoms with Crippen molar-refractivity contribution >= 4 is 23.2 Å². The average molecular weight is 400 g/mol. The van der Waals surface area contributed by atoms with E-state index < -0.39 is 35.7 Å². The maximum atomic E-state index is 13.7. The summed E-state index contributed by atoms with van der Waals surface area (Å²) >= 11 is 0.952. The summed E-state index contributed by atoms with van der Waals surface area (Å²) in [6.07, 6.45) is -5.27. The van der Waals surface area contributed by atoms with E-state index in [1.54, 1.807) is 0 Å². The molecule has 10 heteroatoms. The van der Waals surface area contributed by atoms with E-state index in [0.717, 1.165) is 11.3 Å². The fourth-order valence-electron chi connectivity index (χ4n) is 3.00. The molecule has 1 aliphatic rings. The van der Waals surface area contributed by atoms with Crippen LogP contribution in [-0.2, 0) is 0 Å². The van der Waals surface area contributed by atoms with Crippen LogP contribution in [0.25, 0.3) is 0 Å². The maximum Gasteiger partial charge on any atom is 0.437 e. The van der Waals surface area contributed by atoms with Crippen molar-refractivity contribution in [3.05, 3.63) is 52.2 Å². The molecule has 3 rings (SSSR count). The third kappa shape index (κ3) is 3.37. The molecule has 0 aliphatic carbocycles. The molecule has 0 radical (unpaired) electrons. The van der Waals surface area contributed by atoms with Crippen LogP contribution < -0.4 is 15.4 Å². The zero-order valence-corrected chi connectivity index (χ0v) is 14.7. The predicted molar refractivity (Wildman–Crippen MR) is 90.5 cm³/mol. The number of nitrogens with one attached hydrogen (secondary N) is 2. The lowest BCUT2D eigenvalue weighted by Crippen LogP contribution is -2.72. The van der Waals surface area contributed by atoms with Crippen molar-refractivity contribution in [2.45, 2.75) is 17.9 Å². The van der Waals surface area contributed by atoms with Gasteiger partial charge in [0.1, 0.15) is 11.7 Å². The summed E-state index contributed by atoms with van der Waals surface area (Å²) < 4.78 is 46.1. The molecule has 1 saturated heterocycles. The molecule has 1 aliphatic heterocycles. The van der Waals surface area contributed by atoms with Crippen LogP contribution in [0.5, 0.6) is 5.75 Å². The van der Waals surface area contributed by atoms with E-state index in [0.29, 0.717) is 5.75 Å². The molecule has 1 aromatic carbocycles. The first-order valence-corrected chi connectivity index (χ1v) is 8.65. The number of urea groups is 1. The average Bonchev–Trinajstić information content (AvgIpc) is 3.14. The summed E-state index contributed by atoms with van der Waals surface area (Å²) in [5.74, 6) is -2.51. The SMILES string of the molecule is COc1ccc([C@H]2NC(=O)N[C@@](O)(C(F)(F)F)[C@@H]2C(=O)c2cccs2)cc1. The molecule has 0 saturated carbocycles. The normalized spacial score (nSPS) is 25.4. The Bertz CT molecular complexity index is 839. The molecule has 144 valence electrons. The van der Waals surface area contributed by atoms with E-state index >= 15 is 0 Å². The molecule has 1 aromatic heterocycles. The minimum Gasteiger partial charge on any atom is -0.497 e. The topological polar surface area (TPSA) is 87.7 Å². The van der Waals surface area contributed by atoms with Gasteiger partial charge >= 0.3 is 12.2 Å². The number of alkyl halides is 3. The monoisotopic (exact) mass is 400 g/mol. The molecule has 2 heterocycles. The first-order chi connectivity index (χ1) is 12.7. The van der Waals surface area contributed by atoms with Gasteiger partial charge in [-0.2, -0.15) is 13.2 Å². The van der Waals surface area contributed by atoms with Gasteiger partial charge in [0, 0.05) is 0 Å². The standard InChI is InChI=1S/C17H15F3N2O4S/c1-26-10-6-4-9(5-7-10)13-12(14(23)11-3-2-8-27-11)16(25,17(18,19)20)22-15(24)21-13/h2-8,12-13,25H,1H3,(H2,21,22,24)/t12-,13+,16-/m0/s1. The summed E-state index contributed by atoms with van der Waals surface area (Å²) in [6.45, 7) is 0. The van der Waals surface area contributed by atoms with Gasteiger partial charge in [0.05, 0.1) is 18.0 Å². The number of hydrogen-bond acceptors (Lipinski definition) is 5. The van der Waals surface area contributed by atoms with Crippen molar-refractivity contribution < 1.29 is 32.6 Å². The van der Waals surface area contributed by atoms with Gasteiger partial charge in [0.25, 0.3) is 0 Å². The summed E-state index contributed by atoms with van der Waals surface area (Å²) in [4.78, 5) is 24.8. The van der Waals surface area contributed by atoms with Crippen molar-refractivity contribution in [2.75, 3.05) is 7.11 Å². The molecular weight excluding hydrogens is 385 g/mol. The van der Waals surface area contributed by atoms with E-state index in [9.17, 15) is 27.9 Å². The van der Waals surface area contributed by atoms with Gasteiger partial charge in [-0.1, -0.05) is 18.2 Å². The van der Waals surface area contributed by atoms with Crippen molar-refractivity contribution in [1.29, 1.82) is 0 Å². The van der Waals surface area contributed by atoms with Crippen LogP contribution in [0.4, 0.5) is 18.0 Å². The van der Waals surface area contributed by atoms with Crippen LogP contribution >= 0.6 is 11.3 Å². The fourth-order valence-corrected chi connectivity index (χ4v) is 3.70. The second-order valence-electron chi connectivity index (χ2n) is 5.93. The Balaban J connectivity index is 2.12. The smallest absolute Gasteiger partial charge is 0.437 e. The molecule has 3 N–H and O–H groups in total. The number of halogens is 3. The van der Waals surface area contributed by atoms with Crippen molar-refractivity contribution in [1.82, 2.24) is 10.6 Å². The Morgan fingerprint density at radius 1 is 1.26 bits per heavy atom. The lowest BCUT2D eigenvalue weighted by molar-refractivity contribution is -0.287. The van der Waals surface area contributed by atoms with Gasteiger partial charge < -0.3 is 20.5 Å². The molecule has 3 atom stereocenters. The van der Waals surface area contributed by atoms with E-state index in [1.165, 1.54) is 54.2 Å². The number of hydrogen-bond donors (Lipinski definition) is 3. The fraction of sp³-hybridized carbons (Fsp3) is 0.294. The van der Waals surface area contributed by atoms with Gasteiger partial charge in [-0.3, -0.25) is 4.79 Å². The van der Waals surface area contributed by atoms with Gasteiger partial charge in [-0.05, 0) is 29.1 Å². The first-order valence-electron chi connectivity index (χ1n) is 7.77. The molecule has 2 amide bonds. The molecule has 0 unspecified atom stereocenters. The number of ketones is 1. The quantitative estimate of drug-likeness (QED) is 0.689. The summed E-state index contributed by atoms with van der Waals surface area (Å²) in [5.41, 5.74) is -3.50. The Morgan fingerprint density at radius 2 is 1.93 bits per heavy atom. The van der Waals surface area contributed by atoms with Crippen molar-refractivity contribution in [3.8, 4) is 5.75 Å². The van der Waals surface area contributed by atoms with E-state index in [1.807, 2.05) is 0 Å². The number of carbonyl (C=O) groups is 2. The first kappa shape index (κ1) is 19.2. The highest BCUT2D eigenvalue weighted by Gasteiger charge is 2.66. The largest absolute Gasteiger partial charge is 0.497 e. The highest BCUT2D eigenvalue weighted by atomic mass is 32.1. The molecule has 1 fully saturated rings. The minimum atomic E-state index is -5.27. The number of Topliss-reactive ketones (excluding diaryl/α,β-unsaturated/α-hetero) is 1. The Kier molecular flexibility index (Phi) is 4.87. The Morgan fingerprint density at radius 3 is 2.44 bits per heavy atom. The van der Waals surface area contributed by atoms with E-state index in [-0.39, 0.29) is 10.4 Å². The third-order valence-electron chi connectivity index (χ3n) is 4.33. The number of carbonyl (C=O) groups excluding carboxylic acids is 2. The molecule has 0 spiro atoms. The highest BCUT2D eigenvalue weighted by molar-refractivity contribution is 7.12.